The van der Waals surface area contributed by atoms with Crippen molar-refractivity contribution in [1.29, 1.82) is 0 Å². The standard InChI is InChI=1S/C33H50N6O4S/c1-6-7-19-39-31(40)28(22-25-11-9-8-10-12-25)34-32(41)33(39)17-20-38(21-18-33)30(29-23(2)35-36-24(29)3)26-13-15-27(16-14-26)44(42,43)37(4)5/h13-16,25,28,30H,6-12,17-22H2,1-5H3,(H,34,41)(H,35,36)/t28-,30?/m0/s1. The van der Waals surface area contributed by atoms with Crippen LogP contribution in [-0.4, -0.2) is 89.8 Å². The van der Waals surface area contributed by atoms with Crippen LogP contribution in [0.2, 0.25) is 0 Å². The van der Waals surface area contributed by atoms with E-state index in [2.05, 4.69) is 27.3 Å². The average molecular weight is 627 g/mol. The molecule has 10 nitrogen and oxygen atoms in total. The molecule has 1 saturated carbocycles. The summed E-state index contributed by atoms with van der Waals surface area (Å²) in [5.41, 5.74) is 3.02. The highest BCUT2D eigenvalue weighted by molar-refractivity contribution is 7.89. The zero-order valence-electron chi connectivity index (χ0n) is 27.1. The molecule has 5 rings (SSSR count). The topological polar surface area (TPSA) is 119 Å². The number of H-pyrrole nitrogens is 1. The van der Waals surface area contributed by atoms with Crippen LogP contribution in [0.4, 0.5) is 0 Å². The number of aromatic nitrogens is 2. The molecule has 2 aliphatic heterocycles. The Bertz CT molecular complexity index is 1400. The fourth-order valence-electron chi connectivity index (χ4n) is 7.64. The summed E-state index contributed by atoms with van der Waals surface area (Å²) in [4.78, 5) is 32.6. The smallest absolute Gasteiger partial charge is 0.246 e. The van der Waals surface area contributed by atoms with Gasteiger partial charge in [-0.05, 0) is 63.1 Å². The summed E-state index contributed by atoms with van der Waals surface area (Å²) < 4.78 is 26.7. The molecule has 1 spiro atoms. The fourth-order valence-corrected chi connectivity index (χ4v) is 8.54. The molecule has 3 fully saturated rings. The number of unbranched alkanes of at least 4 members (excludes halogenated alkanes) is 1. The largest absolute Gasteiger partial charge is 0.342 e. The lowest BCUT2D eigenvalue weighted by atomic mass is 9.78. The van der Waals surface area contributed by atoms with Gasteiger partial charge >= 0.3 is 0 Å². The maximum absolute atomic E-state index is 14.0. The number of carbonyl (C=O) groups is 2. The number of rotatable bonds is 10. The van der Waals surface area contributed by atoms with Crippen molar-refractivity contribution in [2.75, 3.05) is 33.7 Å². The molecule has 2 atom stereocenters. The van der Waals surface area contributed by atoms with Gasteiger partial charge in [0.25, 0.3) is 0 Å². The zero-order valence-corrected chi connectivity index (χ0v) is 27.9. The van der Waals surface area contributed by atoms with Gasteiger partial charge in [0.1, 0.15) is 11.6 Å². The molecular formula is C33H50N6O4S. The normalized spacial score (nSPS) is 22.5. The van der Waals surface area contributed by atoms with Crippen LogP contribution in [0.25, 0.3) is 0 Å². The predicted octanol–water partition coefficient (Wildman–Crippen LogP) is 4.30. The Kier molecular flexibility index (Phi) is 9.87. The minimum absolute atomic E-state index is 0.000806. The highest BCUT2D eigenvalue weighted by atomic mass is 32.2. The van der Waals surface area contributed by atoms with Crippen molar-refractivity contribution in [2.24, 2.45) is 5.92 Å². The molecule has 3 heterocycles. The first-order chi connectivity index (χ1) is 21.0. The number of hydrogen-bond donors (Lipinski definition) is 2. The number of hydrogen-bond acceptors (Lipinski definition) is 6. The molecule has 1 aliphatic carbocycles. The fraction of sp³-hybridized carbons (Fsp3) is 0.667. The molecule has 0 bridgehead atoms. The summed E-state index contributed by atoms with van der Waals surface area (Å²) in [7, 11) is -0.494. The lowest BCUT2D eigenvalue weighted by molar-refractivity contribution is -0.162. The van der Waals surface area contributed by atoms with E-state index in [4.69, 9.17) is 0 Å². The number of nitrogens with zero attached hydrogens (tertiary/aromatic N) is 4. The lowest BCUT2D eigenvalue weighted by Gasteiger charge is -2.53. The van der Waals surface area contributed by atoms with Crippen LogP contribution in [-0.2, 0) is 19.6 Å². The van der Waals surface area contributed by atoms with E-state index in [1.54, 1.807) is 12.1 Å². The van der Waals surface area contributed by atoms with E-state index in [0.717, 1.165) is 54.6 Å². The van der Waals surface area contributed by atoms with Crippen molar-refractivity contribution in [3.8, 4) is 0 Å². The van der Waals surface area contributed by atoms with Gasteiger partial charge in [-0.15, -0.1) is 0 Å². The van der Waals surface area contributed by atoms with Gasteiger partial charge in [-0.3, -0.25) is 19.6 Å². The first kappa shape index (κ1) is 32.6. The summed E-state index contributed by atoms with van der Waals surface area (Å²) in [6, 6.07) is 6.51. The van der Waals surface area contributed by atoms with Crippen LogP contribution in [0.15, 0.2) is 29.2 Å². The number of carbonyl (C=O) groups excluding carboxylic acids is 2. The first-order valence-corrected chi connectivity index (χ1v) is 17.8. The highest BCUT2D eigenvalue weighted by Gasteiger charge is 2.54. The van der Waals surface area contributed by atoms with Gasteiger partial charge in [-0.1, -0.05) is 57.6 Å². The molecule has 2 aromatic rings. The first-order valence-electron chi connectivity index (χ1n) is 16.4. The molecule has 2 N–H and O–H groups in total. The van der Waals surface area contributed by atoms with Gasteiger partial charge in [-0.2, -0.15) is 5.10 Å². The summed E-state index contributed by atoms with van der Waals surface area (Å²) >= 11 is 0. The van der Waals surface area contributed by atoms with Crippen molar-refractivity contribution in [2.45, 2.75) is 107 Å². The SMILES string of the molecule is CCCCN1C(=O)[C@H](CC2CCCCC2)NC(=O)C12CCN(C(c1ccc(S(=O)(=O)N(C)C)cc1)c1c(C)n[nH]c1C)CC2. The van der Waals surface area contributed by atoms with Gasteiger partial charge in [0, 0.05) is 45.0 Å². The number of nitrogens with one attached hydrogen (secondary N) is 2. The Morgan fingerprint density at radius 2 is 1.70 bits per heavy atom. The summed E-state index contributed by atoms with van der Waals surface area (Å²) in [5, 5.41) is 10.8. The quantitative estimate of drug-likeness (QED) is 0.406. The number of aryl methyl sites for hydroxylation is 2. The van der Waals surface area contributed by atoms with Gasteiger partial charge in [-0.25, -0.2) is 12.7 Å². The molecule has 1 aromatic heterocycles. The zero-order chi connectivity index (χ0) is 31.6. The Morgan fingerprint density at radius 1 is 1.05 bits per heavy atom. The van der Waals surface area contributed by atoms with E-state index in [9.17, 15) is 18.0 Å². The third-order valence-electron chi connectivity index (χ3n) is 10.3. The number of piperidine rings is 1. The van der Waals surface area contributed by atoms with E-state index in [-0.39, 0.29) is 22.8 Å². The Balaban J connectivity index is 1.41. The van der Waals surface area contributed by atoms with Crippen LogP contribution >= 0.6 is 0 Å². The van der Waals surface area contributed by atoms with Crippen LogP contribution in [0.3, 0.4) is 0 Å². The second-order valence-corrected chi connectivity index (χ2v) is 15.4. The highest BCUT2D eigenvalue weighted by Crippen LogP contribution is 2.40. The molecule has 242 valence electrons. The number of sulfonamides is 1. The number of amides is 2. The molecule has 1 aromatic carbocycles. The van der Waals surface area contributed by atoms with E-state index in [0.29, 0.717) is 38.4 Å². The third kappa shape index (κ3) is 6.20. The van der Waals surface area contributed by atoms with E-state index < -0.39 is 21.6 Å². The van der Waals surface area contributed by atoms with E-state index in [1.807, 2.05) is 30.9 Å². The van der Waals surface area contributed by atoms with Crippen molar-refractivity contribution < 1.29 is 18.0 Å². The van der Waals surface area contributed by atoms with Gasteiger partial charge in [0.15, 0.2) is 0 Å². The summed E-state index contributed by atoms with van der Waals surface area (Å²) in [6.07, 6.45) is 9.65. The second-order valence-electron chi connectivity index (χ2n) is 13.3. The lowest BCUT2D eigenvalue weighted by Crippen LogP contribution is -2.73. The number of likely N-dealkylation sites (tertiary alicyclic amines) is 1. The van der Waals surface area contributed by atoms with E-state index >= 15 is 0 Å². The van der Waals surface area contributed by atoms with Crippen molar-refractivity contribution >= 4 is 21.8 Å². The number of piperazine rings is 1. The van der Waals surface area contributed by atoms with E-state index in [1.165, 1.54) is 37.7 Å². The minimum Gasteiger partial charge on any atom is -0.342 e. The Labute approximate surface area is 263 Å². The Morgan fingerprint density at radius 3 is 2.27 bits per heavy atom. The number of aromatic amines is 1. The molecule has 44 heavy (non-hydrogen) atoms. The molecule has 1 unspecified atom stereocenters. The van der Waals surface area contributed by atoms with Gasteiger partial charge in [0.05, 0.1) is 16.6 Å². The molecular weight excluding hydrogens is 576 g/mol. The summed E-state index contributed by atoms with van der Waals surface area (Å²) in [6.45, 7) is 7.94. The van der Waals surface area contributed by atoms with Crippen molar-refractivity contribution in [1.82, 2.24) is 29.6 Å². The summed E-state index contributed by atoms with van der Waals surface area (Å²) in [5.74, 6) is 0.593. The molecule has 0 radical (unpaired) electrons. The molecule has 11 heteroatoms. The maximum atomic E-state index is 14.0. The Hall–Kier alpha value is -2.76. The monoisotopic (exact) mass is 626 g/mol. The van der Waals surface area contributed by atoms with Gasteiger partial charge < -0.3 is 10.2 Å². The van der Waals surface area contributed by atoms with Crippen LogP contribution in [0, 0.1) is 19.8 Å². The van der Waals surface area contributed by atoms with Crippen molar-refractivity contribution in [3.05, 3.63) is 46.8 Å². The number of benzene rings is 1. The van der Waals surface area contributed by atoms with Crippen molar-refractivity contribution in [3.63, 3.8) is 0 Å². The maximum Gasteiger partial charge on any atom is 0.246 e. The molecule has 2 amide bonds. The van der Waals surface area contributed by atoms with Gasteiger partial charge in [0.2, 0.25) is 21.8 Å². The molecule has 3 aliphatic rings. The van der Waals surface area contributed by atoms with Crippen LogP contribution in [0.5, 0.6) is 0 Å². The average Bonchev–Trinajstić information content (AvgIpc) is 3.34. The van der Waals surface area contributed by atoms with Crippen LogP contribution < -0.4 is 5.32 Å². The second kappa shape index (κ2) is 13.3. The van der Waals surface area contributed by atoms with Crippen LogP contribution in [0.1, 0.15) is 99.7 Å². The third-order valence-corrected chi connectivity index (χ3v) is 12.1. The predicted molar refractivity (Wildman–Crippen MR) is 171 cm³/mol. The minimum atomic E-state index is -3.55. The molecule has 2 saturated heterocycles.